The molecule has 0 aromatic carbocycles. The molecule has 93 heavy (non-hydrogen) atoms. The van der Waals surface area contributed by atoms with Crippen LogP contribution in [-0.2, 0) is 65.4 Å². The van der Waals surface area contributed by atoms with Crippen LogP contribution in [0.1, 0.15) is 382 Å². The van der Waals surface area contributed by atoms with E-state index in [0.717, 1.165) is 102 Å². The molecule has 6 atom stereocenters. The average molecular weight is 1370 g/mol. The van der Waals surface area contributed by atoms with Gasteiger partial charge in [0.1, 0.15) is 19.3 Å². The lowest BCUT2D eigenvalue weighted by Crippen LogP contribution is -2.30. The van der Waals surface area contributed by atoms with Crippen molar-refractivity contribution < 1.29 is 80.2 Å². The highest BCUT2D eigenvalue weighted by Crippen LogP contribution is 2.45. The number of carbonyl (C=O) groups is 4. The number of esters is 4. The number of unbranched alkanes of at least 4 members (excludes halogenated alkanes) is 42. The molecule has 19 heteroatoms. The Morgan fingerprint density at radius 3 is 0.817 bits per heavy atom. The van der Waals surface area contributed by atoms with E-state index in [9.17, 15) is 43.2 Å². The van der Waals surface area contributed by atoms with Crippen molar-refractivity contribution in [1.82, 2.24) is 0 Å². The van der Waals surface area contributed by atoms with Gasteiger partial charge in [-0.15, -0.1) is 0 Å². The predicted octanol–water partition coefficient (Wildman–Crippen LogP) is 21.6. The van der Waals surface area contributed by atoms with E-state index in [0.29, 0.717) is 25.7 Å². The highest BCUT2D eigenvalue weighted by molar-refractivity contribution is 7.47. The Balaban J connectivity index is 5.24. The number of hydrogen-bond acceptors (Lipinski definition) is 15. The van der Waals surface area contributed by atoms with E-state index in [2.05, 4.69) is 41.5 Å². The minimum atomic E-state index is -4.96. The van der Waals surface area contributed by atoms with Crippen LogP contribution in [0.25, 0.3) is 0 Å². The van der Waals surface area contributed by atoms with Gasteiger partial charge in [0.25, 0.3) is 0 Å². The van der Waals surface area contributed by atoms with Crippen molar-refractivity contribution in [3.05, 3.63) is 0 Å². The molecule has 3 N–H and O–H groups in total. The average Bonchev–Trinajstić information content (AvgIpc) is 2.33. The summed E-state index contributed by atoms with van der Waals surface area (Å²) in [4.78, 5) is 72.7. The zero-order chi connectivity index (χ0) is 68.6. The molecule has 0 aliphatic rings. The summed E-state index contributed by atoms with van der Waals surface area (Å²) in [6.07, 6.45) is 52.6. The van der Waals surface area contributed by atoms with Crippen LogP contribution < -0.4 is 0 Å². The van der Waals surface area contributed by atoms with Crippen LogP contribution in [0.3, 0.4) is 0 Å². The molecule has 0 aromatic rings. The van der Waals surface area contributed by atoms with Crippen LogP contribution in [-0.4, -0.2) is 96.7 Å². The maximum absolute atomic E-state index is 13.1. The van der Waals surface area contributed by atoms with E-state index in [1.165, 1.54) is 199 Å². The number of aliphatic hydroxyl groups excluding tert-OH is 1. The summed E-state index contributed by atoms with van der Waals surface area (Å²) >= 11 is 0. The topological polar surface area (TPSA) is 237 Å². The van der Waals surface area contributed by atoms with Gasteiger partial charge in [-0.25, -0.2) is 9.13 Å². The first-order valence-corrected chi connectivity index (χ1v) is 41.5. The van der Waals surface area contributed by atoms with Crippen molar-refractivity contribution >= 4 is 39.5 Å². The Kier molecular flexibility index (Phi) is 64.6. The van der Waals surface area contributed by atoms with Crippen molar-refractivity contribution in [2.45, 2.75) is 400 Å². The maximum Gasteiger partial charge on any atom is 0.472 e. The van der Waals surface area contributed by atoms with Gasteiger partial charge >= 0.3 is 39.5 Å². The Hall–Kier alpha value is -1.94. The van der Waals surface area contributed by atoms with Crippen molar-refractivity contribution in [1.29, 1.82) is 0 Å². The van der Waals surface area contributed by atoms with E-state index in [4.69, 9.17) is 37.0 Å². The molecule has 0 heterocycles. The molecule has 17 nitrogen and oxygen atoms in total. The summed E-state index contributed by atoms with van der Waals surface area (Å²) in [5.74, 6) is -0.563. The van der Waals surface area contributed by atoms with Gasteiger partial charge in [-0.3, -0.25) is 37.3 Å². The van der Waals surface area contributed by atoms with Crippen molar-refractivity contribution in [2.75, 3.05) is 39.6 Å². The van der Waals surface area contributed by atoms with Gasteiger partial charge in [-0.1, -0.05) is 330 Å². The lowest BCUT2D eigenvalue weighted by Gasteiger charge is -2.21. The third-order valence-electron chi connectivity index (χ3n) is 17.6. The summed E-state index contributed by atoms with van der Waals surface area (Å²) in [7, 11) is -9.91. The lowest BCUT2D eigenvalue weighted by molar-refractivity contribution is -0.161. The molecular weight excluding hydrogens is 1220 g/mol. The second kappa shape index (κ2) is 66.0. The molecule has 0 fully saturated rings. The molecule has 552 valence electrons. The first-order valence-electron chi connectivity index (χ1n) is 38.5. The zero-order valence-electron chi connectivity index (χ0n) is 60.6. The fourth-order valence-corrected chi connectivity index (χ4v) is 12.8. The van der Waals surface area contributed by atoms with Crippen LogP contribution in [0.4, 0.5) is 0 Å². The van der Waals surface area contributed by atoms with Crippen LogP contribution in [0.5, 0.6) is 0 Å². The first kappa shape index (κ1) is 91.1. The quantitative estimate of drug-likeness (QED) is 0.0222. The van der Waals surface area contributed by atoms with Crippen molar-refractivity contribution in [2.24, 2.45) is 11.8 Å². The van der Waals surface area contributed by atoms with Gasteiger partial charge in [0.15, 0.2) is 12.2 Å². The van der Waals surface area contributed by atoms with Crippen LogP contribution in [0, 0.1) is 11.8 Å². The smallest absolute Gasteiger partial charge is 0.462 e. The molecule has 0 radical (unpaired) electrons. The summed E-state index contributed by atoms with van der Waals surface area (Å²) in [5, 5.41) is 10.6. The molecule has 0 aromatic heterocycles. The number of phosphoric ester groups is 2. The molecule has 0 spiro atoms. The highest BCUT2D eigenvalue weighted by atomic mass is 31.2. The molecule has 0 amide bonds. The number of aliphatic hydroxyl groups is 1. The van der Waals surface area contributed by atoms with E-state index in [-0.39, 0.29) is 25.7 Å². The number of rotatable bonds is 73. The van der Waals surface area contributed by atoms with Gasteiger partial charge in [0, 0.05) is 25.7 Å². The zero-order valence-corrected chi connectivity index (χ0v) is 62.3. The Labute approximate surface area is 568 Å². The molecule has 0 aliphatic heterocycles. The second-order valence-corrected chi connectivity index (χ2v) is 30.3. The van der Waals surface area contributed by atoms with E-state index in [1.54, 1.807) is 0 Å². The molecule has 0 aliphatic carbocycles. The summed E-state index contributed by atoms with van der Waals surface area (Å²) in [5.41, 5.74) is 0. The van der Waals surface area contributed by atoms with Gasteiger partial charge in [-0.05, 0) is 37.5 Å². The number of carbonyl (C=O) groups excluding carboxylic acids is 4. The Morgan fingerprint density at radius 1 is 0.312 bits per heavy atom. The van der Waals surface area contributed by atoms with Crippen LogP contribution >= 0.6 is 15.6 Å². The van der Waals surface area contributed by atoms with Gasteiger partial charge in [-0.2, -0.15) is 0 Å². The number of ether oxygens (including phenoxy) is 4. The molecule has 0 bridgehead atoms. The second-order valence-electron chi connectivity index (χ2n) is 27.4. The lowest BCUT2D eigenvalue weighted by atomic mass is 9.99. The monoisotopic (exact) mass is 1370 g/mol. The van der Waals surface area contributed by atoms with E-state index >= 15 is 0 Å². The summed E-state index contributed by atoms with van der Waals surface area (Å²) in [6.45, 7) is 9.58. The SMILES string of the molecule is CCCCCCCCCCCCCCCCCCC(=O)OC[C@H](COP(=O)(O)OC[C@@H](O)COP(=O)(O)OC[C@@H](COC(=O)CCCCCCCCCCC)OC(=O)CCCCCCCCCCC(C)CC)OC(=O)CCCCCCCCCCCCCCCC(C)C. The van der Waals surface area contributed by atoms with Crippen molar-refractivity contribution in [3.63, 3.8) is 0 Å². The standard InChI is InChI=1S/C74H144O17P2/c1-7-10-12-14-16-18-19-20-21-22-25-28-32-39-45-51-57-72(77)85-63-69(90-73(78)58-52-46-40-33-29-26-23-24-27-31-36-42-48-54-66(4)5)64-88-92(80,81)86-60-68(75)61-87-93(82,83)89-65-70(62-84-71(76)56-50-44-38-30-17-15-13-11-8-2)91-74(79)59-53-47-41-35-34-37-43-49-55-67(6)9-3/h66-70,75H,7-65H2,1-6H3,(H,80,81)(H,82,83)/t67?,68-,69-,70-/m1/s1. The third kappa shape index (κ3) is 67.0. The van der Waals surface area contributed by atoms with Gasteiger partial charge < -0.3 is 33.8 Å². The Morgan fingerprint density at radius 2 is 0.548 bits per heavy atom. The largest absolute Gasteiger partial charge is 0.472 e. The van der Waals surface area contributed by atoms with Gasteiger partial charge in [0.2, 0.25) is 0 Å². The predicted molar refractivity (Wildman–Crippen MR) is 377 cm³/mol. The maximum atomic E-state index is 13.1. The number of phosphoric acid groups is 2. The van der Waals surface area contributed by atoms with Crippen LogP contribution in [0.15, 0.2) is 0 Å². The summed E-state index contributed by atoms with van der Waals surface area (Å²) in [6, 6.07) is 0. The van der Waals surface area contributed by atoms with Crippen LogP contribution in [0.2, 0.25) is 0 Å². The first-order chi connectivity index (χ1) is 44.9. The normalized spacial score (nSPS) is 14.3. The molecule has 0 saturated carbocycles. The number of hydrogen-bond donors (Lipinski definition) is 3. The van der Waals surface area contributed by atoms with Crippen molar-refractivity contribution in [3.8, 4) is 0 Å². The Bertz CT molecular complexity index is 1810. The fourth-order valence-electron chi connectivity index (χ4n) is 11.3. The minimum Gasteiger partial charge on any atom is -0.462 e. The van der Waals surface area contributed by atoms with E-state index < -0.39 is 97.5 Å². The minimum absolute atomic E-state index is 0.105. The molecule has 0 saturated heterocycles. The molecule has 0 rings (SSSR count). The third-order valence-corrected chi connectivity index (χ3v) is 19.5. The van der Waals surface area contributed by atoms with E-state index in [1.807, 2.05) is 0 Å². The highest BCUT2D eigenvalue weighted by Gasteiger charge is 2.30. The fraction of sp³-hybridized carbons (Fsp3) is 0.946. The molecule has 3 unspecified atom stereocenters. The molecular formula is C74H144O17P2. The van der Waals surface area contributed by atoms with Gasteiger partial charge in [0.05, 0.1) is 26.4 Å². The summed E-state index contributed by atoms with van der Waals surface area (Å²) < 4.78 is 68.4.